The number of rotatable bonds is 14. The second kappa shape index (κ2) is 12.7. The van der Waals surface area contributed by atoms with Crippen LogP contribution in [0.4, 0.5) is 0 Å². The summed E-state index contributed by atoms with van der Waals surface area (Å²) in [5.41, 5.74) is 2.34. The van der Waals surface area contributed by atoms with E-state index in [2.05, 4.69) is 24.0 Å². The summed E-state index contributed by atoms with van der Waals surface area (Å²) >= 11 is 0. The third-order valence-electron chi connectivity index (χ3n) is 4.96. The second-order valence-electron chi connectivity index (χ2n) is 7.44. The molecule has 5 heteroatoms. The molecule has 156 valence electrons. The van der Waals surface area contributed by atoms with Crippen LogP contribution in [-0.2, 0) is 32.1 Å². The van der Waals surface area contributed by atoms with E-state index >= 15 is 0 Å². The SMILES string of the molecule is C=CCCCCCCCCCc1ccc(COC(=O)CC2=CC(=O)NC2=O)cc1. The van der Waals surface area contributed by atoms with Crippen LogP contribution in [0.5, 0.6) is 0 Å². The first-order chi connectivity index (χ1) is 14.1. The molecule has 5 nitrogen and oxygen atoms in total. The molecule has 29 heavy (non-hydrogen) atoms. The number of ether oxygens (including phenoxy) is 1. The maximum absolute atomic E-state index is 11.8. The van der Waals surface area contributed by atoms with E-state index in [0.29, 0.717) is 0 Å². The monoisotopic (exact) mass is 397 g/mol. The number of esters is 1. The summed E-state index contributed by atoms with van der Waals surface area (Å²) in [7, 11) is 0. The first-order valence-corrected chi connectivity index (χ1v) is 10.5. The molecular weight excluding hydrogens is 366 g/mol. The van der Waals surface area contributed by atoms with Crippen molar-refractivity contribution in [3.8, 4) is 0 Å². The molecule has 0 bridgehead atoms. The molecular formula is C24H31NO4. The molecule has 1 aliphatic rings. The Labute approximate surface area is 173 Å². The zero-order chi connectivity index (χ0) is 20.9. The lowest BCUT2D eigenvalue weighted by Gasteiger charge is -2.07. The van der Waals surface area contributed by atoms with Crippen LogP contribution in [0, 0.1) is 0 Å². The molecule has 0 radical (unpaired) electrons. The Balaban J connectivity index is 1.58. The van der Waals surface area contributed by atoms with E-state index in [1.807, 2.05) is 18.2 Å². The predicted molar refractivity (Wildman–Crippen MR) is 113 cm³/mol. The summed E-state index contributed by atoms with van der Waals surface area (Å²) in [5.74, 6) is -1.53. The molecule has 0 fully saturated rings. The van der Waals surface area contributed by atoms with Crippen LogP contribution in [0.25, 0.3) is 0 Å². The number of amides is 2. The maximum Gasteiger partial charge on any atom is 0.310 e. The van der Waals surface area contributed by atoms with Crippen LogP contribution in [-0.4, -0.2) is 17.8 Å². The molecule has 1 heterocycles. The van der Waals surface area contributed by atoms with Crippen molar-refractivity contribution >= 4 is 17.8 Å². The number of allylic oxidation sites excluding steroid dienone is 1. The van der Waals surface area contributed by atoms with Gasteiger partial charge in [0.1, 0.15) is 6.61 Å². The lowest BCUT2D eigenvalue weighted by molar-refractivity contribution is -0.144. The highest BCUT2D eigenvalue weighted by molar-refractivity contribution is 6.17. The number of carbonyl (C=O) groups excluding carboxylic acids is 3. The molecule has 0 saturated heterocycles. The molecule has 0 aliphatic carbocycles. The number of imide groups is 1. The minimum Gasteiger partial charge on any atom is -0.461 e. The molecule has 1 aromatic carbocycles. The minimum atomic E-state index is -0.524. The minimum absolute atomic E-state index is 0.145. The van der Waals surface area contributed by atoms with E-state index in [1.165, 1.54) is 50.5 Å². The number of hydrogen-bond acceptors (Lipinski definition) is 4. The van der Waals surface area contributed by atoms with Gasteiger partial charge in [-0.1, -0.05) is 62.4 Å². The highest BCUT2D eigenvalue weighted by atomic mass is 16.5. The average molecular weight is 398 g/mol. The third-order valence-corrected chi connectivity index (χ3v) is 4.96. The summed E-state index contributed by atoms with van der Waals surface area (Å²) in [6.07, 6.45) is 14.1. The van der Waals surface area contributed by atoms with Gasteiger partial charge in [-0.25, -0.2) is 0 Å². The number of hydrogen-bond donors (Lipinski definition) is 1. The van der Waals surface area contributed by atoms with Crippen molar-refractivity contribution < 1.29 is 19.1 Å². The zero-order valence-electron chi connectivity index (χ0n) is 17.1. The zero-order valence-corrected chi connectivity index (χ0v) is 17.1. The number of carbonyl (C=O) groups is 3. The lowest BCUT2D eigenvalue weighted by Crippen LogP contribution is -2.23. The maximum atomic E-state index is 11.8. The van der Waals surface area contributed by atoms with E-state index in [-0.39, 0.29) is 18.6 Å². The van der Waals surface area contributed by atoms with Crippen molar-refractivity contribution in [3.05, 3.63) is 59.7 Å². The number of nitrogens with one attached hydrogen (secondary N) is 1. The molecule has 1 N–H and O–H groups in total. The van der Waals surface area contributed by atoms with Crippen molar-refractivity contribution in [1.29, 1.82) is 0 Å². The van der Waals surface area contributed by atoms with Gasteiger partial charge >= 0.3 is 5.97 Å². The van der Waals surface area contributed by atoms with Gasteiger partial charge in [-0.15, -0.1) is 6.58 Å². The van der Waals surface area contributed by atoms with Crippen molar-refractivity contribution in [1.82, 2.24) is 5.32 Å². The number of aryl methyl sites for hydroxylation is 1. The van der Waals surface area contributed by atoms with Crippen LogP contribution >= 0.6 is 0 Å². The molecule has 0 spiro atoms. The fourth-order valence-electron chi connectivity index (χ4n) is 3.26. The highest BCUT2D eigenvalue weighted by Gasteiger charge is 2.23. The summed E-state index contributed by atoms with van der Waals surface area (Å²) < 4.78 is 5.20. The van der Waals surface area contributed by atoms with Gasteiger partial charge in [-0.2, -0.15) is 0 Å². The normalized spacial score (nSPS) is 13.2. The molecule has 0 saturated carbocycles. The van der Waals surface area contributed by atoms with E-state index in [1.54, 1.807) is 0 Å². The fourth-order valence-corrected chi connectivity index (χ4v) is 3.26. The Morgan fingerprint density at radius 3 is 2.17 bits per heavy atom. The Hall–Kier alpha value is -2.69. The van der Waals surface area contributed by atoms with E-state index in [4.69, 9.17) is 4.74 Å². The smallest absolute Gasteiger partial charge is 0.310 e. The van der Waals surface area contributed by atoms with Crippen LogP contribution in [0.2, 0.25) is 0 Å². The van der Waals surface area contributed by atoms with Crippen LogP contribution in [0.3, 0.4) is 0 Å². The average Bonchev–Trinajstić information content (AvgIpc) is 3.02. The van der Waals surface area contributed by atoms with Gasteiger partial charge in [0.05, 0.1) is 6.42 Å². The van der Waals surface area contributed by atoms with Crippen LogP contribution < -0.4 is 5.32 Å². The Morgan fingerprint density at radius 1 is 0.931 bits per heavy atom. The molecule has 1 aromatic rings. The van der Waals surface area contributed by atoms with E-state index in [9.17, 15) is 14.4 Å². The topological polar surface area (TPSA) is 72.5 Å². The molecule has 0 atom stereocenters. The lowest BCUT2D eigenvalue weighted by atomic mass is 10.0. The highest BCUT2D eigenvalue weighted by Crippen LogP contribution is 2.14. The Kier molecular flexibility index (Phi) is 9.90. The molecule has 0 aromatic heterocycles. The number of unbranched alkanes of at least 4 members (excludes halogenated alkanes) is 7. The van der Waals surface area contributed by atoms with Gasteiger partial charge < -0.3 is 4.74 Å². The molecule has 1 aliphatic heterocycles. The van der Waals surface area contributed by atoms with Gasteiger partial charge in [0, 0.05) is 11.6 Å². The molecule has 2 amide bonds. The van der Waals surface area contributed by atoms with Crippen molar-refractivity contribution in [2.75, 3.05) is 0 Å². The summed E-state index contributed by atoms with van der Waals surface area (Å²) in [6, 6.07) is 8.08. The van der Waals surface area contributed by atoms with Gasteiger partial charge in [-0.3, -0.25) is 19.7 Å². The van der Waals surface area contributed by atoms with Crippen molar-refractivity contribution in [3.63, 3.8) is 0 Å². The van der Waals surface area contributed by atoms with Gasteiger partial charge in [-0.05, 0) is 36.8 Å². The predicted octanol–water partition coefficient (Wildman–Crippen LogP) is 4.55. The summed E-state index contributed by atoms with van der Waals surface area (Å²) in [5, 5.41) is 2.11. The second-order valence-corrected chi connectivity index (χ2v) is 7.44. The van der Waals surface area contributed by atoms with Crippen LogP contribution in [0.1, 0.15) is 68.9 Å². The quantitative estimate of drug-likeness (QED) is 0.216. The van der Waals surface area contributed by atoms with Crippen LogP contribution in [0.15, 0.2) is 48.6 Å². The number of benzene rings is 1. The Morgan fingerprint density at radius 2 is 1.55 bits per heavy atom. The first-order valence-electron chi connectivity index (χ1n) is 10.5. The van der Waals surface area contributed by atoms with Crippen molar-refractivity contribution in [2.24, 2.45) is 0 Å². The largest absolute Gasteiger partial charge is 0.461 e. The summed E-state index contributed by atoms with van der Waals surface area (Å²) in [6.45, 7) is 3.91. The Bertz CT molecular complexity index is 734. The fraction of sp³-hybridized carbons (Fsp3) is 0.458. The van der Waals surface area contributed by atoms with Gasteiger partial charge in [0.15, 0.2) is 0 Å². The summed E-state index contributed by atoms with van der Waals surface area (Å²) in [4.78, 5) is 34.3. The van der Waals surface area contributed by atoms with E-state index in [0.717, 1.165) is 24.5 Å². The third kappa shape index (κ3) is 8.90. The molecule has 2 rings (SSSR count). The van der Waals surface area contributed by atoms with Gasteiger partial charge in [0.25, 0.3) is 11.8 Å². The van der Waals surface area contributed by atoms with Crippen molar-refractivity contribution in [2.45, 2.75) is 70.8 Å². The molecule has 0 unspecified atom stereocenters. The van der Waals surface area contributed by atoms with Gasteiger partial charge in [0.2, 0.25) is 0 Å². The van der Waals surface area contributed by atoms with E-state index < -0.39 is 17.8 Å². The standard InChI is InChI=1S/C24H31NO4/c1-2-3-4-5-6-7-8-9-10-11-19-12-14-20(15-13-19)18-29-23(27)17-21-16-22(26)25-24(21)28/h2,12-16H,1,3-11,17-18H2,(H,25,26,28). The first kappa shape index (κ1) is 22.6.